The molecule has 5 heteroatoms. The van der Waals surface area contributed by atoms with Gasteiger partial charge < -0.3 is 10.4 Å². The lowest BCUT2D eigenvalue weighted by atomic mass is 9.94. The van der Waals surface area contributed by atoms with Gasteiger partial charge in [0.1, 0.15) is 0 Å². The summed E-state index contributed by atoms with van der Waals surface area (Å²) >= 11 is 3.45. The number of nitrogens with one attached hydrogen (secondary N) is 1. The second kappa shape index (κ2) is 6.52. The average molecular weight is 338 g/mol. The fourth-order valence-corrected chi connectivity index (χ4v) is 2.28. The summed E-state index contributed by atoms with van der Waals surface area (Å²) < 4.78 is 2.84. The van der Waals surface area contributed by atoms with Crippen LogP contribution in [0.1, 0.15) is 25.0 Å². The monoisotopic (exact) mass is 337 g/mol. The van der Waals surface area contributed by atoms with Crippen molar-refractivity contribution in [1.82, 2.24) is 15.1 Å². The first kappa shape index (κ1) is 15.2. The van der Waals surface area contributed by atoms with Crippen LogP contribution >= 0.6 is 15.9 Å². The molecule has 1 heterocycles. The summed E-state index contributed by atoms with van der Waals surface area (Å²) in [5.41, 5.74) is 2.24. The van der Waals surface area contributed by atoms with Crippen molar-refractivity contribution in [2.75, 3.05) is 6.61 Å². The van der Waals surface area contributed by atoms with Gasteiger partial charge in [0.2, 0.25) is 0 Å². The first-order chi connectivity index (χ1) is 9.51. The van der Waals surface area contributed by atoms with Crippen LogP contribution in [0.4, 0.5) is 0 Å². The van der Waals surface area contributed by atoms with Gasteiger partial charge in [0.25, 0.3) is 0 Å². The predicted octanol–water partition coefficient (Wildman–Crippen LogP) is 2.66. The number of hydrogen-bond acceptors (Lipinski definition) is 3. The highest BCUT2D eigenvalue weighted by molar-refractivity contribution is 9.10. The maximum absolute atomic E-state index is 8.88. The molecule has 2 aromatic rings. The van der Waals surface area contributed by atoms with Crippen molar-refractivity contribution >= 4 is 15.9 Å². The van der Waals surface area contributed by atoms with Crippen LogP contribution in [0.25, 0.3) is 0 Å². The van der Waals surface area contributed by atoms with Gasteiger partial charge in [-0.15, -0.1) is 0 Å². The second-order valence-electron chi connectivity index (χ2n) is 5.32. The lowest BCUT2D eigenvalue weighted by Gasteiger charge is -2.27. The fraction of sp³-hybridized carbons (Fsp3) is 0.400. The molecule has 0 saturated heterocycles. The van der Waals surface area contributed by atoms with Crippen LogP contribution in [0.3, 0.4) is 0 Å². The highest BCUT2D eigenvalue weighted by Crippen LogP contribution is 2.22. The van der Waals surface area contributed by atoms with E-state index < -0.39 is 0 Å². The maximum Gasteiger partial charge on any atom is 0.0640 e. The lowest BCUT2D eigenvalue weighted by molar-refractivity contribution is 0.269. The minimum atomic E-state index is -0.111. The van der Waals surface area contributed by atoms with Crippen molar-refractivity contribution in [2.45, 2.75) is 32.5 Å². The molecule has 0 spiro atoms. The molecule has 0 saturated carbocycles. The topological polar surface area (TPSA) is 50.1 Å². The fourth-order valence-electron chi connectivity index (χ4n) is 2.01. The Hall–Kier alpha value is -1.17. The van der Waals surface area contributed by atoms with Crippen LogP contribution in [0.15, 0.2) is 41.1 Å². The molecule has 20 heavy (non-hydrogen) atoms. The summed E-state index contributed by atoms with van der Waals surface area (Å²) in [6.07, 6.45) is 3.79. The maximum atomic E-state index is 8.88. The number of aromatic nitrogens is 2. The number of halogens is 1. The Morgan fingerprint density at radius 2 is 2.00 bits per heavy atom. The molecule has 0 atom stereocenters. The smallest absolute Gasteiger partial charge is 0.0640 e. The van der Waals surface area contributed by atoms with Crippen molar-refractivity contribution in [3.05, 3.63) is 52.3 Å². The Bertz CT molecular complexity index is 549. The molecule has 0 amide bonds. The molecule has 1 aromatic carbocycles. The third kappa shape index (κ3) is 3.91. The first-order valence-electron chi connectivity index (χ1n) is 6.64. The van der Waals surface area contributed by atoms with Crippen LogP contribution in [0.2, 0.25) is 0 Å². The number of hydrogen-bond donors (Lipinski definition) is 2. The first-order valence-corrected chi connectivity index (χ1v) is 7.44. The van der Waals surface area contributed by atoms with Crippen molar-refractivity contribution in [3.8, 4) is 0 Å². The zero-order chi connectivity index (χ0) is 14.6. The summed E-state index contributed by atoms with van der Waals surface area (Å²) in [4.78, 5) is 0. The van der Waals surface area contributed by atoms with Crippen LogP contribution < -0.4 is 5.32 Å². The zero-order valence-electron chi connectivity index (χ0n) is 11.8. The van der Waals surface area contributed by atoms with Crippen LogP contribution in [0, 0.1) is 0 Å². The molecule has 2 rings (SSSR count). The summed E-state index contributed by atoms with van der Waals surface area (Å²) in [6.45, 7) is 5.71. The molecule has 0 aliphatic rings. The van der Waals surface area contributed by atoms with Gasteiger partial charge in [-0.2, -0.15) is 5.10 Å². The van der Waals surface area contributed by atoms with Gasteiger partial charge in [-0.1, -0.05) is 28.1 Å². The van der Waals surface area contributed by atoms with Gasteiger partial charge >= 0.3 is 0 Å². The molecule has 0 aliphatic heterocycles. The lowest BCUT2D eigenvalue weighted by Crippen LogP contribution is -2.35. The van der Waals surface area contributed by atoms with E-state index in [1.807, 2.05) is 12.4 Å². The molecule has 0 fully saturated rings. The average Bonchev–Trinajstić information content (AvgIpc) is 2.85. The quantitative estimate of drug-likeness (QED) is 0.851. The molecule has 1 aromatic heterocycles. The van der Waals surface area contributed by atoms with Crippen LogP contribution in [0.5, 0.6) is 0 Å². The van der Waals surface area contributed by atoms with Gasteiger partial charge in [0.05, 0.1) is 19.3 Å². The zero-order valence-corrected chi connectivity index (χ0v) is 13.4. The molecule has 4 nitrogen and oxygen atoms in total. The summed E-state index contributed by atoms with van der Waals surface area (Å²) in [5.74, 6) is 0. The van der Waals surface area contributed by atoms with Crippen molar-refractivity contribution < 1.29 is 5.11 Å². The van der Waals surface area contributed by atoms with Gasteiger partial charge in [-0.3, -0.25) is 4.68 Å². The summed E-state index contributed by atoms with van der Waals surface area (Å²) in [7, 11) is 0. The number of nitrogens with zero attached hydrogens (tertiary/aromatic N) is 2. The van der Waals surface area contributed by atoms with E-state index >= 15 is 0 Å². The van der Waals surface area contributed by atoms with Gasteiger partial charge in [0, 0.05) is 28.3 Å². The Labute approximate surface area is 127 Å². The Morgan fingerprint density at radius 3 is 2.65 bits per heavy atom. The highest BCUT2D eigenvalue weighted by Gasteiger charge is 2.19. The van der Waals surface area contributed by atoms with E-state index in [4.69, 9.17) is 5.11 Å². The van der Waals surface area contributed by atoms with E-state index in [2.05, 4.69) is 64.5 Å². The minimum absolute atomic E-state index is 0.110. The Morgan fingerprint density at radius 1 is 1.30 bits per heavy atom. The standard InChI is InChI=1S/C15H20BrN3O/c1-15(2,13-3-5-14(16)6-4-13)17-9-12-10-18-19(11-12)7-8-20/h3-6,10-11,17,20H,7-9H2,1-2H3. The minimum Gasteiger partial charge on any atom is -0.394 e. The second-order valence-corrected chi connectivity index (χ2v) is 6.24. The van der Waals surface area contributed by atoms with E-state index in [0.717, 1.165) is 16.6 Å². The van der Waals surface area contributed by atoms with Gasteiger partial charge in [-0.05, 0) is 31.5 Å². The SMILES string of the molecule is CC(C)(NCc1cnn(CCO)c1)c1ccc(Br)cc1. The van der Waals surface area contributed by atoms with Gasteiger partial charge in [0.15, 0.2) is 0 Å². The number of rotatable bonds is 6. The molecule has 2 N–H and O–H groups in total. The van der Waals surface area contributed by atoms with Crippen molar-refractivity contribution in [3.63, 3.8) is 0 Å². The van der Waals surface area contributed by atoms with E-state index in [-0.39, 0.29) is 12.1 Å². The summed E-state index contributed by atoms with van der Waals surface area (Å²) in [5, 5.41) is 16.6. The van der Waals surface area contributed by atoms with Crippen molar-refractivity contribution in [1.29, 1.82) is 0 Å². The van der Waals surface area contributed by atoms with Crippen LogP contribution in [-0.4, -0.2) is 21.5 Å². The third-order valence-electron chi connectivity index (χ3n) is 3.32. The van der Waals surface area contributed by atoms with E-state index in [1.165, 1.54) is 5.56 Å². The molecule has 0 unspecified atom stereocenters. The molecular weight excluding hydrogens is 318 g/mol. The molecule has 0 radical (unpaired) electrons. The van der Waals surface area contributed by atoms with Crippen LogP contribution in [-0.2, 0) is 18.6 Å². The van der Waals surface area contributed by atoms with E-state index in [1.54, 1.807) is 4.68 Å². The molecule has 0 aliphatic carbocycles. The van der Waals surface area contributed by atoms with E-state index in [0.29, 0.717) is 6.54 Å². The number of aliphatic hydroxyl groups excluding tert-OH is 1. The number of aliphatic hydroxyl groups is 1. The third-order valence-corrected chi connectivity index (χ3v) is 3.84. The number of benzene rings is 1. The molecular formula is C15H20BrN3O. The Balaban J connectivity index is 1.99. The highest BCUT2D eigenvalue weighted by atomic mass is 79.9. The normalized spacial score (nSPS) is 11.8. The van der Waals surface area contributed by atoms with Crippen molar-refractivity contribution in [2.24, 2.45) is 0 Å². The Kier molecular flexibility index (Phi) is 4.96. The predicted molar refractivity (Wildman–Crippen MR) is 83.3 cm³/mol. The van der Waals surface area contributed by atoms with E-state index in [9.17, 15) is 0 Å². The molecule has 108 valence electrons. The molecule has 0 bridgehead atoms. The largest absolute Gasteiger partial charge is 0.394 e. The summed E-state index contributed by atoms with van der Waals surface area (Å²) in [6, 6.07) is 8.34. The van der Waals surface area contributed by atoms with Gasteiger partial charge in [-0.25, -0.2) is 0 Å².